The average molecular weight is 336 g/mol. The molecule has 1 aromatic heterocycles. The van der Waals surface area contributed by atoms with E-state index in [1.165, 1.54) is 31.5 Å². The first-order valence-corrected chi connectivity index (χ1v) is 7.13. The number of rotatable bonds is 2. The van der Waals surface area contributed by atoms with Crippen LogP contribution < -0.4 is 0 Å². The van der Waals surface area contributed by atoms with Crippen LogP contribution in [0.5, 0.6) is 0 Å². The molecule has 1 aromatic rings. The van der Waals surface area contributed by atoms with Gasteiger partial charge in [0.15, 0.2) is 0 Å². The van der Waals surface area contributed by atoms with Crippen molar-refractivity contribution in [3.05, 3.63) is 15.0 Å². The van der Waals surface area contributed by atoms with Crippen molar-refractivity contribution in [2.24, 2.45) is 0 Å². The lowest BCUT2D eigenvalue weighted by Crippen LogP contribution is -2.10. The summed E-state index contributed by atoms with van der Waals surface area (Å²) in [6.45, 7) is 4.40. The highest BCUT2D eigenvalue weighted by Gasteiger charge is 2.24. The number of halogens is 2. The molecule has 2 rings (SSSR count). The molecule has 1 fully saturated rings. The summed E-state index contributed by atoms with van der Waals surface area (Å²) in [5.41, 5.74) is 0. The Morgan fingerprint density at radius 2 is 1.87 bits per heavy atom. The van der Waals surface area contributed by atoms with Gasteiger partial charge in [-0.1, -0.05) is 26.7 Å². The molecule has 15 heavy (non-hydrogen) atoms. The zero-order valence-corrected chi connectivity index (χ0v) is 12.3. The van der Waals surface area contributed by atoms with Gasteiger partial charge in [0, 0.05) is 12.0 Å². The molecule has 0 saturated heterocycles. The van der Waals surface area contributed by atoms with E-state index >= 15 is 0 Å². The lowest BCUT2D eigenvalue weighted by atomic mass is 10.2. The van der Waals surface area contributed by atoms with Crippen LogP contribution >= 0.6 is 31.9 Å². The molecule has 1 saturated carbocycles. The van der Waals surface area contributed by atoms with E-state index in [4.69, 9.17) is 0 Å². The van der Waals surface area contributed by atoms with E-state index in [1.807, 2.05) is 0 Å². The third-order valence-electron chi connectivity index (χ3n) is 3.05. The predicted octanol–water partition coefficient (Wildman–Crippen LogP) is 4.65. The predicted molar refractivity (Wildman–Crippen MR) is 69.2 cm³/mol. The lowest BCUT2D eigenvalue weighted by Gasteiger charge is -2.17. The van der Waals surface area contributed by atoms with Crippen molar-refractivity contribution in [1.29, 1.82) is 0 Å². The highest BCUT2D eigenvalue weighted by Crippen LogP contribution is 2.37. The Morgan fingerprint density at radius 3 is 2.40 bits per heavy atom. The Kier molecular flexibility index (Phi) is 3.56. The number of hydrogen-bond acceptors (Lipinski definition) is 1. The van der Waals surface area contributed by atoms with E-state index < -0.39 is 0 Å². The summed E-state index contributed by atoms with van der Waals surface area (Å²) < 4.78 is 4.43. The van der Waals surface area contributed by atoms with Crippen molar-refractivity contribution in [3.8, 4) is 0 Å². The van der Waals surface area contributed by atoms with Gasteiger partial charge in [0.1, 0.15) is 15.0 Å². The molecule has 0 bridgehead atoms. The monoisotopic (exact) mass is 334 g/mol. The molecule has 0 atom stereocenters. The fraction of sp³-hybridized carbons (Fsp3) is 0.727. The lowest BCUT2D eigenvalue weighted by molar-refractivity contribution is 0.479. The molecule has 84 valence electrons. The standard InChI is InChI=1S/C11H16Br2N2/c1-7(2)11-14-9(12)10(13)15(11)8-5-3-4-6-8/h7-8H,3-6H2,1-2H3. The first kappa shape index (κ1) is 11.6. The molecule has 4 heteroatoms. The van der Waals surface area contributed by atoms with Gasteiger partial charge in [-0.3, -0.25) is 0 Å². The van der Waals surface area contributed by atoms with Gasteiger partial charge in [0.05, 0.1) is 0 Å². The van der Waals surface area contributed by atoms with E-state index in [0.717, 1.165) is 9.21 Å². The first-order valence-electron chi connectivity index (χ1n) is 5.54. The number of hydrogen-bond donors (Lipinski definition) is 0. The van der Waals surface area contributed by atoms with Crippen molar-refractivity contribution in [3.63, 3.8) is 0 Å². The highest BCUT2D eigenvalue weighted by atomic mass is 79.9. The van der Waals surface area contributed by atoms with E-state index in [9.17, 15) is 0 Å². The van der Waals surface area contributed by atoms with Crippen LogP contribution in [0.3, 0.4) is 0 Å². The van der Waals surface area contributed by atoms with Crippen LogP contribution in [-0.4, -0.2) is 9.55 Å². The molecule has 1 aliphatic rings. The second kappa shape index (κ2) is 4.58. The van der Waals surface area contributed by atoms with Gasteiger partial charge in [-0.2, -0.15) is 0 Å². The third kappa shape index (κ3) is 2.16. The van der Waals surface area contributed by atoms with Crippen LogP contribution in [0.1, 0.15) is 57.3 Å². The summed E-state index contributed by atoms with van der Waals surface area (Å²) in [7, 11) is 0. The van der Waals surface area contributed by atoms with Crippen LogP contribution in [0, 0.1) is 0 Å². The topological polar surface area (TPSA) is 17.8 Å². The van der Waals surface area contributed by atoms with Crippen LogP contribution in [0.2, 0.25) is 0 Å². The third-order valence-corrected chi connectivity index (χ3v) is 4.89. The molecule has 0 unspecified atom stereocenters. The minimum atomic E-state index is 0.480. The maximum absolute atomic E-state index is 4.59. The van der Waals surface area contributed by atoms with Crippen LogP contribution in [0.25, 0.3) is 0 Å². The van der Waals surface area contributed by atoms with Gasteiger partial charge in [-0.05, 0) is 44.7 Å². The van der Waals surface area contributed by atoms with Crippen molar-refractivity contribution in [2.75, 3.05) is 0 Å². The van der Waals surface area contributed by atoms with E-state index in [1.54, 1.807) is 0 Å². The second-order valence-electron chi connectivity index (χ2n) is 4.51. The Morgan fingerprint density at radius 1 is 1.27 bits per heavy atom. The van der Waals surface area contributed by atoms with Gasteiger partial charge in [-0.25, -0.2) is 4.98 Å². The highest BCUT2D eigenvalue weighted by molar-refractivity contribution is 9.13. The zero-order chi connectivity index (χ0) is 11.0. The molecular weight excluding hydrogens is 320 g/mol. The smallest absolute Gasteiger partial charge is 0.139 e. The van der Waals surface area contributed by atoms with Crippen LogP contribution in [-0.2, 0) is 0 Å². The second-order valence-corrected chi connectivity index (χ2v) is 6.02. The average Bonchev–Trinajstić information content (AvgIpc) is 2.76. The quantitative estimate of drug-likeness (QED) is 0.769. The van der Waals surface area contributed by atoms with Crippen molar-refractivity contribution >= 4 is 31.9 Å². The zero-order valence-electron chi connectivity index (χ0n) is 9.13. The maximum Gasteiger partial charge on any atom is 0.139 e. The molecule has 0 spiro atoms. The van der Waals surface area contributed by atoms with E-state index in [0.29, 0.717) is 12.0 Å². The molecule has 2 nitrogen and oxygen atoms in total. The van der Waals surface area contributed by atoms with Gasteiger partial charge >= 0.3 is 0 Å². The number of aromatic nitrogens is 2. The molecule has 0 aromatic carbocycles. The molecule has 1 heterocycles. The first-order chi connectivity index (χ1) is 7.11. The Balaban J connectivity index is 2.42. The molecule has 0 N–H and O–H groups in total. The minimum absolute atomic E-state index is 0.480. The van der Waals surface area contributed by atoms with Gasteiger partial charge in [-0.15, -0.1) is 0 Å². The van der Waals surface area contributed by atoms with Crippen molar-refractivity contribution < 1.29 is 0 Å². The van der Waals surface area contributed by atoms with E-state index in [-0.39, 0.29) is 0 Å². The SMILES string of the molecule is CC(C)c1nc(Br)c(Br)n1C1CCCC1. The van der Waals surface area contributed by atoms with Crippen LogP contribution in [0.15, 0.2) is 9.21 Å². The fourth-order valence-corrected chi connectivity index (χ4v) is 3.25. The largest absolute Gasteiger partial charge is 0.318 e. The summed E-state index contributed by atoms with van der Waals surface area (Å²) in [5, 5.41) is 0. The van der Waals surface area contributed by atoms with E-state index in [2.05, 4.69) is 55.3 Å². The van der Waals surface area contributed by atoms with Gasteiger partial charge < -0.3 is 4.57 Å². The molecule has 0 amide bonds. The summed E-state index contributed by atoms with van der Waals surface area (Å²) in [6, 6.07) is 0.649. The Hall–Kier alpha value is 0.170. The Labute approximate surface area is 108 Å². The summed E-state index contributed by atoms with van der Waals surface area (Å²) in [6.07, 6.45) is 5.29. The Bertz CT molecular complexity index is 352. The summed E-state index contributed by atoms with van der Waals surface area (Å²) >= 11 is 7.14. The summed E-state index contributed by atoms with van der Waals surface area (Å²) in [4.78, 5) is 4.59. The normalized spacial score (nSPS) is 17.9. The fourth-order valence-electron chi connectivity index (χ4n) is 2.32. The van der Waals surface area contributed by atoms with Crippen LogP contribution in [0.4, 0.5) is 0 Å². The van der Waals surface area contributed by atoms with Crippen molar-refractivity contribution in [2.45, 2.75) is 51.5 Å². The molecular formula is C11H16Br2N2. The maximum atomic E-state index is 4.59. The van der Waals surface area contributed by atoms with Crippen molar-refractivity contribution in [1.82, 2.24) is 9.55 Å². The molecule has 0 radical (unpaired) electrons. The van der Waals surface area contributed by atoms with Gasteiger partial charge in [0.25, 0.3) is 0 Å². The number of nitrogens with zero attached hydrogens (tertiary/aromatic N) is 2. The molecule has 1 aliphatic carbocycles. The molecule has 0 aliphatic heterocycles. The minimum Gasteiger partial charge on any atom is -0.318 e. The summed E-state index contributed by atoms with van der Waals surface area (Å²) in [5.74, 6) is 1.67. The van der Waals surface area contributed by atoms with Gasteiger partial charge in [0.2, 0.25) is 0 Å². The number of imidazole rings is 1.